The first-order chi connectivity index (χ1) is 10.7. The van der Waals surface area contributed by atoms with E-state index in [2.05, 4.69) is 28.0 Å². The first-order valence-electron chi connectivity index (χ1n) is 8.75. The van der Waals surface area contributed by atoms with Crippen molar-refractivity contribution in [2.75, 3.05) is 39.4 Å². The Labute approximate surface area is 134 Å². The molecule has 0 amide bonds. The van der Waals surface area contributed by atoms with Gasteiger partial charge in [0.2, 0.25) is 0 Å². The average Bonchev–Trinajstić information content (AvgIpc) is 2.85. The Hall–Kier alpha value is -0.910. The lowest BCUT2D eigenvalue weighted by molar-refractivity contribution is 0.0302. The third kappa shape index (κ3) is 4.09. The van der Waals surface area contributed by atoms with Crippen molar-refractivity contribution in [3.8, 4) is 0 Å². The van der Waals surface area contributed by atoms with Crippen molar-refractivity contribution in [2.24, 2.45) is 7.05 Å². The molecular weight excluding hydrogens is 276 g/mol. The number of hydrogen-bond donors (Lipinski definition) is 0. The molecule has 0 saturated carbocycles. The number of rotatable bonds is 5. The van der Waals surface area contributed by atoms with Gasteiger partial charge in [-0.3, -0.25) is 14.5 Å². The number of ether oxygens (including phenoxy) is 1. The molecule has 3 rings (SSSR count). The van der Waals surface area contributed by atoms with Crippen LogP contribution in [0.15, 0.2) is 6.20 Å². The van der Waals surface area contributed by atoms with E-state index >= 15 is 0 Å². The number of aryl methyl sites for hydroxylation is 2. The Bertz CT molecular complexity index is 467. The minimum absolute atomic E-state index is 0.733. The van der Waals surface area contributed by atoms with Crippen LogP contribution < -0.4 is 0 Å². The first-order valence-corrected chi connectivity index (χ1v) is 8.75. The number of morpholine rings is 1. The summed E-state index contributed by atoms with van der Waals surface area (Å²) in [6.45, 7) is 9.67. The maximum Gasteiger partial charge on any atom is 0.0638 e. The van der Waals surface area contributed by atoms with Crippen LogP contribution in [0.1, 0.15) is 36.9 Å². The average molecular weight is 306 g/mol. The molecule has 2 aliphatic rings. The number of likely N-dealkylation sites (tertiary alicyclic amines) is 1. The van der Waals surface area contributed by atoms with Crippen molar-refractivity contribution in [3.05, 3.63) is 17.5 Å². The zero-order valence-corrected chi connectivity index (χ0v) is 14.1. The molecule has 124 valence electrons. The summed E-state index contributed by atoms with van der Waals surface area (Å²) >= 11 is 0. The van der Waals surface area contributed by atoms with Gasteiger partial charge in [0.1, 0.15) is 0 Å². The normalized spacial score (nSPS) is 24.7. The van der Waals surface area contributed by atoms with Gasteiger partial charge in [-0.1, -0.05) is 6.42 Å². The fraction of sp³-hybridized carbons (Fsp3) is 0.824. The maximum absolute atomic E-state index is 5.45. The van der Waals surface area contributed by atoms with Gasteiger partial charge in [-0.2, -0.15) is 5.10 Å². The van der Waals surface area contributed by atoms with Gasteiger partial charge in [-0.15, -0.1) is 0 Å². The molecule has 5 nitrogen and oxygen atoms in total. The molecule has 2 fully saturated rings. The maximum atomic E-state index is 5.45. The zero-order chi connectivity index (χ0) is 15.4. The van der Waals surface area contributed by atoms with E-state index in [0.717, 1.165) is 38.9 Å². The van der Waals surface area contributed by atoms with E-state index in [1.54, 1.807) is 0 Å². The highest BCUT2D eigenvalue weighted by atomic mass is 16.5. The summed E-state index contributed by atoms with van der Waals surface area (Å²) in [5, 5.41) is 4.49. The van der Waals surface area contributed by atoms with E-state index in [9.17, 15) is 0 Å². The van der Waals surface area contributed by atoms with Crippen LogP contribution in [0.25, 0.3) is 0 Å². The van der Waals surface area contributed by atoms with E-state index in [-0.39, 0.29) is 0 Å². The fourth-order valence-electron chi connectivity index (χ4n) is 3.77. The molecule has 2 aliphatic heterocycles. The van der Waals surface area contributed by atoms with Crippen LogP contribution in [0.4, 0.5) is 0 Å². The Balaban J connectivity index is 1.55. The lowest BCUT2D eigenvalue weighted by Crippen LogP contribution is -2.43. The smallest absolute Gasteiger partial charge is 0.0638 e. The third-order valence-corrected chi connectivity index (χ3v) is 5.12. The van der Waals surface area contributed by atoms with E-state index in [4.69, 9.17) is 4.74 Å². The summed E-state index contributed by atoms with van der Waals surface area (Å²) in [4.78, 5) is 5.25. The SMILES string of the molecule is Cc1nn(C)cc1CN1CCCC[C@@H]1CCN1CCOCC1. The number of aromatic nitrogens is 2. The van der Waals surface area contributed by atoms with Gasteiger partial charge in [0.25, 0.3) is 0 Å². The van der Waals surface area contributed by atoms with Crippen LogP contribution in [0.2, 0.25) is 0 Å². The molecule has 3 heterocycles. The Morgan fingerprint density at radius 3 is 2.77 bits per heavy atom. The topological polar surface area (TPSA) is 33.5 Å². The molecule has 0 radical (unpaired) electrons. The Kier molecular flexibility index (Phi) is 5.50. The molecule has 0 spiro atoms. The molecule has 5 heteroatoms. The van der Waals surface area contributed by atoms with Crippen molar-refractivity contribution in [1.82, 2.24) is 19.6 Å². The second-order valence-electron chi connectivity index (χ2n) is 6.78. The van der Waals surface area contributed by atoms with Crippen LogP contribution in [0.5, 0.6) is 0 Å². The third-order valence-electron chi connectivity index (χ3n) is 5.12. The van der Waals surface area contributed by atoms with Gasteiger partial charge in [0, 0.05) is 44.5 Å². The molecule has 1 aromatic heterocycles. The van der Waals surface area contributed by atoms with E-state index in [1.165, 1.54) is 50.0 Å². The number of hydrogen-bond acceptors (Lipinski definition) is 4. The standard InChI is InChI=1S/C17H30N4O/c1-15-16(13-19(2)18-15)14-21-7-4-3-5-17(21)6-8-20-9-11-22-12-10-20/h13,17H,3-12,14H2,1-2H3/t17-/m1/s1. The second-order valence-corrected chi connectivity index (χ2v) is 6.78. The summed E-state index contributed by atoms with van der Waals surface area (Å²) < 4.78 is 7.39. The molecular formula is C17H30N4O. The van der Waals surface area contributed by atoms with Gasteiger partial charge in [0.15, 0.2) is 0 Å². The molecule has 0 aliphatic carbocycles. The highest BCUT2D eigenvalue weighted by molar-refractivity contribution is 5.15. The molecule has 0 unspecified atom stereocenters. The van der Waals surface area contributed by atoms with Gasteiger partial charge < -0.3 is 4.74 Å². The summed E-state index contributed by atoms with van der Waals surface area (Å²) in [6, 6.07) is 0.733. The van der Waals surface area contributed by atoms with Crippen molar-refractivity contribution < 1.29 is 4.74 Å². The zero-order valence-electron chi connectivity index (χ0n) is 14.1. The molecule has 2 saturated heterocycles. The van der Waals surface area contributed by atoms with Crippen LogP contribution in [-0.4, -0.2) is 65.0 Å². The second kappa shape index (κ2) is 7.57. The van der Waals surface area contributed by atoms with Crippen LogP contribution in [-0.2, 0) is 18.3 Å². The van der Waals surface area contributed by atoms with Crippen LogP contribution in [0.3, 0.4) is 0 Å². The number of piperidine rings is 1. The van der Waals surface area contributed by atoms with Crippen molar-refractivity contribution in [3.63, 3.8) is 0 Å². The van der Waals surface area contributed by atoms with Crippen molar-refractivity contribution in [2.45, 2.75) is 45.2 Å². The predicted octanol–water partition coefficient (Wildman–Crippen LogP) is 1.81. The van der Waals surface area contributed by atoms with Crippen molar-refractivity contribution >= 4 is 0 Å². The molecule has 0 aromatic carbocycles. The minimum Gasteiger partial charge on any atom is -0.379 e. The monoisotopic (exact) mass is 306 g/mol. The molecule has 1 aromatic rings. The van der Waals surface area contributed by atoms with Gasteiger partial charge in [0.05, 0.1) is 18.9 Å². The summed E-state index contributed by atoms with van der Waals surface area (Å²) in [7, 11) is 2.02. The lowest BCUT2D eigenvalue weighted by atomic mass is 9.98. The van der Waals surface area contributed by atoms with E-state index in [1.807, 2.05) is 11.7 Å². The molecule has 1 atom stereocenters. The first kappa shape index (κ1) is 16.0. The highest BCUT2D eigenvalue weighted by Gasteiger charge is 2.24. The molecule has 22 heavy (non-hydrogen) atoms. The van der Waals surface area contributed by atoms with E-state index in [0.29, 0.717) is 0 Å². The highest BCUT2D eigenvalue weighted by Crippen LogP contribution is 2.23. The van der Waals surface area contributed by atoms with Gasteiger partial charge >= 0.3 is 0 Å². The van der Waals surface area contributed by atoms with Crippen molar-refractivity contribution in [1.29, 1.82) is 0 Å². The van der Waals surface area contributed by atoms with Crippen LogP contribution >= 0.6 is 0 Å². The summed E-state index contributed by atoms with van der Waals surface area (Å²) in [6.07, 6.45) is 7.55. The van der Waals surface area contributed by atoms with Gasteiger partial charge in [-0.05, 0) is 39.3 Å². The summed E-state index contributed by atoms with van der Waals surface area (Å²) in [5.41, 5.74) is 2.57. The minimum atomic E-state index is 0.733. The van der Waals surface area contributed by atoms with Gasteiger partial charge in [-0.25, -0.2) is 0 Å². The largest absolute Gasteiger partial charge is 0.379 e. The fourth-order valence-corrected chi connectivity index (χ4v) is 3.77. The molecule has 0 bridgehead atoms. The predicted molar refractivity (Wildman–Crippen MR) is 87.9 cm³/mol. The quantitative estimate of drug-likeness (QED) is 0.831. The van der Waals surface area contributed by atoms with Crippen LogP contribution in [0, 0.1) is 6.92 Å². The molecule has 0 N–H and O–H groups in total. The van der Waals surface area contributed by atoms with E-state index < -0.39 is 0 Å². The lowest BCUT2D eigenvalue weighted by Gasteiger charge is -2.37. The Morgan fingerprint density at radius 2 is 2.05 bits per heavy atom. The Morgan fingerprint density at radius 1 is 1.23 bits per heavy atom. The summed E-state index contributed by atoms with van der Waals surface area (Å²) in [5.74, 6) is 0. The number of nitrogens with zero attached hydrogens (tertiary/aromatic N) is 4.